The van der Waals surface area contributed by atoms with Crippen LogP contribution in [0.1, 0.15) is 24.8 Å². The fourth-order valence-electron chi connectivity index (χ4n) is 2.54. The molecule has 0 aliphatic heterocycles. The van der Waals surface area contributed by atoms with Crippen LogP contribution in [0.3, 0.4) is 0 Å². The van der Waals surface area contributed by atoms with Gasteiger partial charge in [0.25, 0.3) is 0 Å². The van der Waals surface area contributed by atoms with Crippen LogP contribution in [0.4, 0.5) is 0 Å². The molecule has 27 heavy (non-hydrogen) atoms. The summed E-state index contributed by atoms with van der Waals surface area (Å²) in [4.78, 5) is 20.5. The number of benzene rings is 1. The Morgan fingerprint density at radius 2 is 2.07 bits per heavy atom. The zero-order chi connectivity index (χ0) is 19.1. The Bertz CT molecular complexity index is 911. The lowest BCUT2D eigenvalue weighted by atomic mass is 10.2. The molecule has 0 saturated carbocycles. The maximum Gasteiger partial charge on any atom is 0.220 e. The van der Waals surface area contributed by atoms with Crippen LogP contribution < -0.4 is 10.1 Å². The molecule has 0 aliphatic rings. The van der Waals surface area contributed by atoms with Crippen molar-refractivity contribution in [1.82, 2.24) is 15.3 Å². The zero-order valence-corrected chi connectivity index (χ0v) is 15.7. The van der Waals surface area contributed by atoms with Crippen molar-refractivity contribution in [2.45, 2.75) is 26.3 Å². The highest BCUT2D eigenvalue weighted by atomic mass is 35.5. The molecule has 3 rings (SSSR count). The Balaban J connectivity index is 1.52. The van der Waals surface area contributed by atoms with Gasteiger partial charge in [-0.05, 0) is 25.1 Å². The Morgan fingerprint density at radius 1 is 1.22 bits per heavy atom. The molecule has 140 valence electrons. The summed E-state index contributed by atoms with van der Waals surface area (Å²) in [5, 5.41) is 3.46. The Labute approximate surface area is 162 Å². The minimum absolute atomic E-state index is 0.0983. The van der Waals surface area contributed by atoms with Gasteiger partial charge in [0.05, 0.1) is 17.8 Å². The third-order valence-corrected chi connectivity index (χ3v) is 4.20. The number of hydrogen-bond acceptors (Lipinski definition) is 5. The monoisotopic (exact) mass is 385 g/mol. The van der Waals surface area contributed by atoms with Gasteiger partial charge in [0.2, 0.25) is 11.8 Å². The molecular weight excluding hydrogens is 366 g/mol. The van der Waals surface area contributed by atoms with E-state index in [1.807, 2.05) is 37.3 Å². The van der Waals surface area contributed by atoms with Gasteiger partial charge in [0, 0.05) is 36.7 Å². The number of nitrogens with zero attached hydrogens (tertiary/aromatic N) is 2. The maximum absolute atomic E-state index is 12.1. The van der Waals surface area contributed by atoms with Gasteiger partial charge in [0.1, 0.15) is 0 Å². The molecule has 0 aliphatic carbocycles. The summed E-state index contributed by atoms with van der Waals surface area (Å²) in [7, 11) is 0. The number of nitrogens with one attached hydrogen (secondary N) is 1. The first-order chi connectivity index (χ1) is 13.2. The number of hydrogen-bond donors (Lipinski definition) is 1. The first-order valence-corrected chi connectivity index (χ1v) is 9.08. The van der Waals surface area contributed by atoms with Crippen molar-refractivity contribution < 1.29 is 13.9 Å². The van der Waals surface area contributed by atoms with Crippen LogP contribution in [-0.2, 0) is 17.8 Å². The second kappa shape index (κ2) is 9.19. The van der Waals surface area contributed by atoms with E-state index in [1.165, 1.54) is 0 Å². The van der Waals surface area contributed by atoms with E-state index in [1.54, 1.807) is 18.5 Å². The lowest BCUT2D eigenvalue weighted by Crippen LogP contribution is -2.23. The molecular formula is C20H20ClN3O3. The van der Waals surface area contributed by atoms with Gasteiger partial charge in [-0.1, -0.05) is 29.8 Å². The molecule has 3 aromatic rings. The summed E-state index contributed by atoms with van der Waals surface area (Å²) >= 11 is 6.16. The molecule has 0 fully saturated rings. The third-order valence-electron chi connectivity index (χ3n) is 3.87. The first kappa shape index (κ1) is 18.9. The number of halogens is 1. The third kappa shape index (κ3) is 5.08. The highest BCUT2D eigenvalue weighted by Gasteiger charge is 2.12. The molecule has 0 bridgehead atoms. The SMILES string of the molecule is CCOc1ncccc1CNC(=O)CCc1ncc(-c2ccccc2Cl)o1. The average Bonchev–Trinajstić information content (AvgIpc) is 3.15. The van der Waals surface area contributed by atoms with Crippen LogP contribution in [0, 0.1) is 0 Å². The van der Waals surface area contributed by atoms with Gasteiger partial charge >= 0.3 is 0 Å². The van der Waals surface area contributed by atoms with Crippen molar-refractivity contribution in [2.24, 2.45) is 0 Å². The van der Waals surface area contributed by atoms with Crippen molar-refractivity contribution in [1.29, 1.82) is 0 Å². The number of carbonyl (C=O) groups excluding carboxylic acids is 1. The summed E-state index contributed by atoms with van der Waals surface area (Å²) < 4.78 is 11.2. The number of amides is 1. The molecule has 0 spiro atoms. The largest absolute Gasteiger partial charge is 0.478 e. The van der Waals surface area contributed by atoms with Crippen LogP contribution in [0.2, 0.25) is 5.02 Å². The van der Waals surface area contributed by atoms with Gasteiger partial charge in [0.15, 0.2) is 11.7 Å². The predicted molar refractivity (Wildman–Crippen MR) is 103 cm³/mol. The summed E-state index contributed by atoms with van der Waals surface area (Å²) in [5.74, 6) is 1.53. The van der Waals surface area contributed by atoms with E-state index < -0.39 is 0 Å². The molecule has 0 radical (unpaired) electrons. The van der Waals surface area contributed by atoms with Crippen LogP contribution in [0.5, 0.6) is 5.88 Å². The molecule has 0 unspecified atom stereocenters. The predicted octanol–water partition coefficient (Wildman–Crippen LogP) is 4.04. The average molecular weight is 386 g/mol. The molecule has 2 aromatic heterocycles. The number of oxazole rings is 1. The summed E-state index contributed by atoms with van der Waals surface area (Å²) in [5.41, 5.74) is 1.62. The number of ether oxygens (including phenoxy) is 1. The van der Waals surface area contributed by atoms with Gasteiger partial charge in [-0.2, -0.15) is 0 Å². The van der Waals surface area contributed by atoms with Gasteiger partial charge in [-0.3, -0.25) is 4.79 Å². The van der Waals surface area contributed by atoms with Crippen molar-refractivity contribution in [2.75, 3.05) is 6.61 Å². The number of carbonyl (C=O) groups is 1. The highest BCUT2D eigenvalue weighted by molar-refractivity contribution is 6.33. The van der Waals surface area contributed by atoms with Crippen LogP contribution >= 0.6 is 11.6 Å². The fraction of sp³-hybridized carbons (Fsp3) is 0.250. The number of aromatic nitrogens is 2. The fourth-order valence-corrected chi connectivity index (χ4v) is 2.77. The molecule has 1 aromatic carbocycles. The lowest BCUT2D eigenvalue weighted by Gasteiger charge is -2.09. The van der Waals surface area contributed by atoms with E-state index in [-0.39, 0.29) is 12.3 Å². The Kier molecular flexibility index (Phi) is 6.44. The number of rotatable bonds is 8. The van der Waals surface area contributed by atoms with Gasteiger partial charge < -0.3 is 14.5 Å². The quantitative estimate of drug-likeness (QED) is 0.633. The summed E-state index contributed by atoms with van der Waals surface area (Å²) in [6.45, 7) is 2.78. The molecule has 7 heteroatoms. The molecule has 1 N–H and O–H groups in total. The van der Waals surface area contributed by atoms with E-state index in [0.29, 0.717) is 42.1 Å². The van der Waals surface area contributed by atoms with E-state index in [0.717, 1.165) is 11.1 Å². The normalized spacial score (nSPS) is 10.6. The zero-order valence-electron chi connectivity index (χ0n) is 14.9. The van der Waals surface area contributed by atoms with E-state index in [9.17, 15) is 4.79 Å². The maximum atomic E-state index is 12.1. The molecule has 2 heterocycles. The Morgan fingerprint density at radius 3 is 2.89 bits per heavy atom. The molecule has 0 atom stereocenters. The Hall–Kier alpha value is -2.86. The minimum Gasteiger partial charge on any atom is -0.478 e. The lowest BCUT2D eigenvalue weighted by molar-refractivity contribution is -0.121. The van der Waals surface area contributed by atoms with Gasteiger partial charge in [-0.15, -0.1) is 0 Å². The molecule has 6 nitrogen and oxygen atoms in total. The topological polar surface area (TPSA) is 77.2 Å². The summed E-state index contributed by atoms with van der Waals surface area (Å²) in [6.07, 6.45) is 3.96. The van der Waals surface area contributed by atoms with Crippen LogP contribution in [0.15, 0.2) is 53.2 Å². The molecule has 1 amide bonds. The van der Waals surface area contributed by atoms with E-state index >= 15 is 0 Å². The van der Waals surface area contributed by atoms with Gasteiger partial charge in [-0.25, -0.2) is 9.97 Å². The second-order valence-electron chi connectivity index (χ2n) is 5.78. The van der Waals surface area contributed by atoms with Crippen molar-refractivity contribution in [3.05, 3.63) is 65.3 Å². The van der Waals surface area contributed by atoms with Crippen molar-refractivity contribution in [3.63, 3.8) is 0 Å². The second-order valence-corrected chi connectivity index (χ2v) is 6.18. The number of aryl methyl sites for hydroxylation is 1. The molecule has 0 saturated heterocycles. The minimum atomic E-state index is -0.0983. The van der Waals surface area contributed by atoms with Crippen molar-refractivity contribution >= 4 is 17.5 Å². The van der Waals surface area contributed by atoms with Crippen LogP contribution in [-0.4, -0.2) is 22.5 Å². The smallest absolute Gasteiger partial charge is 0.220 e. The summed E-state index contributed by atoms with van der Waals surface area (Å²) in [6, 6.07) is 11.1. The highest BCUT2D eigenvalue weighted by Crippen LogP contribution is 2.28. The standard InChI is InChI=1S/C20H20ClN3O3/c1-2-26-20-14(6-5-11-22-20)12-23-18(25)9-10-19-24-13-17(27-19)15-7-3-4-8-16(15)21/h3-8,11,13H,2,9-10,12H2,1H3,(H,23,25). The number of pyridine rings is 1. The van der Waals surface area contributed by atoms with Crippen molar-refractivity contribution in [3.8, 4) is 17.2 Å². The van der Waals surface area contributed by atoms with E-state index in [4.69, 9.17) is 20.8 Å². The first-order valence-electron chi connectivity index (χ1n) is 8.70. The van der Waals surface area contributed by atoms with E-state index in [2.05, 4.69) is 15.3 Å². The van der Waals surface area contributed by atoms with Crippen LogP contribution in [0.25, 0.3) is 11.3 Å².